The van der Waals surface area contributed by atoms with Crippen LogP contribution in [0.15, 0.2) is 11.6 Å². The summed E-state index contributed by atoms with van der Waals surface area (Å²) in [7, 11) is 0. The summed E-state index contributed by atoms with van der Waals surface area (Å²) >= 11 is 0. The van der Waals surface area contributed by atoms with Gasteiger partial charge in [-0.1, -0.05) is 19.4 Å². The van der Waals surface area contributed by atoms with Crippen molar-refractivity contribution in [2.24, 2.45) is 28.6 Å². The van der Waals surface area contributed by atoms with Crippen molar-refractivity contribution in [1.82, 2.24) is 0 Å². The van der Waals surface area contributed by atoms with Crippen LogP contribution in [0.3, 0.4) is 0 Å². The number of rotatable bonds is 7. The predicted octanol–water partition coefficient (Wildman–Crippen LogP) is -11.1. The molecule has 21 N–H and O–H groups in total. The fourth-order valence-electron chi connectivity index (χ4n) is 16.7. The van der Waals surface area contributed by atoms with Crippen LogP contribution in [0.5, 0.6) is 0 Å². The van der Waals surface area contributed by atoms with Gasteiger partial charge in [0.2, 0.25) is 0 Å². The van der Waals surface area contributed by atoms with Crippen LogP contribution in [0.2, 0.25) is 0 Å². The fourth-order valence-corrected chi connectivity index (χ4v) is 16.7. The molecule has 0 spiro atoms. The molecule has 4 aliphatic carbocycles. The summed E-state index contributed by atoms with van der Waals surface area (Å²) in [5.74, 6) is 2.88. The van der Waals surface area contributed by atoms with Gasteiger partial charge in [-0.25, -0.2) is 0 Å². The smallest absolute Gasteiger partial charge is 0.187 e. The molecule has 0 aromatic heterocycles. The number of aliphatic hydroxyl groups excluding tert-OH is 21. The van der Waals surface area contributed by atoms with Crippen LogP contribution in [0, 0.1) is 28.6 Å². The summed E-state index contributed by atoms with van der Waals surface area (Å²) in [6, 6.07) is 0. The maximum Gasteiger partial charge on any atom is 0.187 e. The molecule has 25 rings (SSSR count). The van der Waals surface area contributed by atoms with Crippen molar-refractivity contribution in [3.05, 3.63) is 11.6 Å². The van der Waals surface area contributed by atoms with E-state index in [-0.39, 0.29) is 10.8 Å². The molecule has 3 saturated carbocycles. The molecule has 40 atom stereocenters. The van der Waals surface area contributed by atoms with E-state index in [1.165, 1.54) is 18.4 Å². The quantitative estimate of drug-likeness (QED) is 0.113. The predicted molar refractivity (Wildman–Crippen MR) is 310 cm³/mol. The molecule has 14 bridgehead atoms. The minimum absolute atomic E-state index is 0.0246. The second-order valence-electron chi connectivity index (χ2n) is 28.0. The molecule has 25 aliphatic rings. The number of carbonyl (C=O) groups excluding carboxylic acids is 2. The first-order valence-electron chi connectivity index (χ1n) is 33.3. The minimum Gasteiger partial charge on any atom is -0.394 e. The van der Waals surface area contributed by atoms with Crippen LogP contribution < -0.4 is 0 Å². The van der Waals surface area contributed by atoms with Crippen LogP contribution in [0.1, 0.15) is 65.2 Å². The topological polar surface area (TPSA) is 588 Å². The highest BCUT2D eigenvalue weighted by molar-refractivity contribution is 5.91. The van der Waals surface area contributed by atoms with E-state index in [4.69, 9.17) is 66.3 Å². The SMILES string of the molecule is C[C@]12CCC(=O)C=C1CC[C@@H]1[C@@H]2CC[C@]2(C)C(=O)CC[C@@H]12.OC[C@H]1O[C@@H]2O[C@H]3[C@H](O)[C@@H](O)[C@@H](O[C@H]4[C@H](O)[C@@H](O)[C@@H](O[C@H]5[C@H](O)[C@@H](O)[C@@H](O[C@H]6[C@H](O)[C@@H](O)[C@@H](O[C@H]7[C@H](O)[C@@H](O)[C@@H](O[C@H]8[C@H](O)[C@@H](O)[C@@H](O[C@H]1[C@H](O)[C@H]2O)O[C@@H]8CO)O[C@@H]7CO)O[C@@H]6CO)O[C@@H]5CO)O[C@@H]4CO)O[C@@H]3CO. The number of carbonyl (C=O) groups is 2. The van der Waals surface area contributed by atoms with Crippen LogP contribution in [-0.2, 0) is 75.9 Å². The van der Waals surface area contributed by atoms with Gasteiger partial charge in [-0.2, -0.15) is 0 Å². The molecule has 0 aromatic rings. The van der Waals surface area contributed by atoms with Crippen molar-refractivity contribution in [3.63, 3.8) is 0 Å². The van der Waals surface area contributed by atoms with E-state index >= 15 is 0 Å². The Morgan fingerprint density at radius 3 is 0.796 bits per heavy atom. The lowest BCUT2D eigenvalue weighted by Crippen LogP contribution is -2.68. The second-order valence-corrected chi connectivity index (χ2v) is 28.0. The van der Waals surface area contributed by atoms with Gasteiger partial charge >= 0.3 is 0 Å². The summed E-state index contributed by atoms with van der Waals surface area (Å²) < 4.78 is 79.5. The van der Waals surface area contributed by atoms with Crippen LogP contribution in [0.4, 0.5) is 0 Å². The summed E-state index contributed by atoms with van der Waals surface area (Å²) in [6.07, 6.45) is -60.0. The first kappa shape index (κ1) is 76.8. The monoisotopic (exact) mass is 1420 g/mol. The molecule has 24 fully saturated rings. The Hall–Kier alpha value is -2.32. The average Bonchev–Trinajstić information content (AvgIpc) is 1.35. The lowest BCUT2D eigenvalue weighted by Gasteiger charge is -2.56. The summed E-state index contributed by atoms with van der Waals surface area (Å²) in [4.78, 5) is 24.1. The Balaban J connectivity index is 0.000000388. The van der Waals surface area contributed by atoms with Crippen molar-refractivity contribution in [2.75, 3.05) is 46.2 Å². The molecule has 21 saturated heterocycles. The Kier molecular flexibility index (Phi) is 24.6. The van der Waals surface area contributed by atoms with Gasteiger partial charge in [0.15, 0.2) is 49.8 Å². The number of fused-ring (bicyclic) bond motifs is 5. The zero-order valence-electron chi connectivity index (χ0n) is 53.5. The fraction of sp³-hybridized carbons (Fsp3) is 0.934. The van der Waals surface area contributed by atoms with Crippen molar-refractivity contribution < 1.29 is 183 Å². The molecule has 21 heterocycles. The normalized spacial score (nSPS) is 54.1. The number of ketones is 2. The first-order valence-corrected chi connectivity index (χ1v) is 33.3. The van der Waals surface area contributed by atoms with E-state index in [1.54, 1.807) is 0 Å². The Morgan fingerprint density at radius 2 is 0.551 bits per heavy atom. The van der Waals surface area contributed by atoms with Crippen molar-refractivity contribution in [3.8, 4) is 0 Å². The van der Waals surface area contributed by atoms with Crippen LogP contribution >= 0.6 is 0 Å². The maximum absolute atomic E-state index is 12.4. The third-order valence-corrected chi connectivity index (χ3v) is 22.5. The molecular formula is C61H96O37. The Bertz CT molecular complexity index is 2320. The Labute approximate surface area is 559 Å². The molecule has 37 heteroatoms. The van der Waals surface area contributed by atoms with E-state index in [9.17, 15) is 117 Å². The van der Waals surface area contributed by atoms with Crippen molar-refractivity contribution in [1.29, 1.82) is 0 Å². The van der Waals surface area contributed by atoms with E-state index in [0.717, 1.165) is 38.5 Å². The molecule has 562 valence electrons. The lowest BCUT2D eigenvalue weighted by molar-refractivity contribution is -0.396. The van der Waals surface area contributed by atoms with Crippen molar-refractivity contribution in [2.45, 2.75) is 280 Å². The molecule has 0 radical (unpaired) electrons. The number of aliphatic hydroxyl groups is 21. The number of Topliss-reactive ketones (excluding diaryl/α,β-unsaturated/α-hetero) is 1. The third kappa shape index (κ3) is 14.2. The standard InChI is InChI=1S/C42H70O35.C19H26O2/c43-1-8-29-15(50)22(57)36(64-8)72-30-9(2-44)66-38(24(59)17(30)52)74-32-11(4-46)68-40(26(61)19(32)54)76-34-13(6-48)70-42(28(63)21(34)56)77-35-14(7-49)69-41(27(62)20(35)55)75-33-12(5-47)67-39(25(60)18(33)53)73-31-10(3-45)65-37(71-29)23(58)16(31)51;1-18-9-7-13(20)11-12(18)3-4-14-15-5-6-17(21)19(15,2)10-8-16(14)18/h8-63H,1-7H2;11,14-16H,3-10H2,1-2H3/t8-,9-,10-,11-,12-,13-,14-,15-,16-,17-,18-,19-,20-,21-,22-,23-,24-,25-,26-,27-,28-,29-,30-,31-,32-,33-,34-,35-,36-,37-,38-,39-,40-,41-,42-;14-,15-,16-,18-,19-/m10/s1. The molecule has 0 unspecified atom stereocenters. The highest BCUT2D eigenvalue weighted by Gasteiger charge is 2.62. The van der Waals surface area contributed by atoms with E-state index in [1.807, 2.05) is 6.08 Å². The highest BCUT2D eigenvalue weighted by Crippen LogP contribution is 2.64. The van der Waals surface area contributed by atoms with Crippen LogP contribution in [-0.4, -0.2) is 380 Å². The number of ether oxygens (including phenoxy) is 14. The minimum atomic E-state index is -2.21. The number of hydrogen-bond donors (Lipinski definition) is 21. The molecule has 98 heavy (non-hydrogen) atoms. The van der Waals surface area contributed by atoms with Gasteiger partial charge in [0, 0.05) is 18.3 Å². The van der Waals surface area contributed by atoms with E-state index in [2.05, 4.69) is 13.8 Å². The van der Waals surface area contributed by atoms with Gasteiger partial charge in [-0.15, -0.1) is 0 Å². The molecule has 37 nitrogen and oxygen atoms in total. The first-order chi connectivity index (χ1) is 46.6. The van der Waals surface area contributed by atoms with Gasteiger partial charge in [-0.05, 0) is 67.8 Å². The molecule has 0 amide bonds. The summed E-state index contributed by atoms with van der Waals surface area (Å²) in [6.45, 7) is -2.69. The van der Waals surface area contributed by atoms with Gasteiger partial charge in [0.25, 0.3) is 0 Å². The molecule has 0 aromatic carbocycles. The van der Waals surface area contributed by atoms with E-state index < -0.39 is 261 Å². The zero-order valence-corrected chi connectivity index (χ0v) is 53.5. The van der Waals surface area contributed by atoms with Crippen molar-refractivity contribution >= 4 is 11.6 Å². The second kappa shape index (κ2) is 31.4. The third-order valence-electron chi connectivity index (χ3n) is 22.5. The molecular weight excluding hydrogens is 1320 g/mol. The van der Waals surface area contributed by atoms with Gasteiger partial charge in [0.05, 0.1) is 46.2 Å². The Morgan fingerprint density at radius 1 is 0.306 bits per heavy atom. The summed E-state index contributed by atoms with van der Waals surface area (Å²) in [5, 5.41) is 230. The summed E-state index contributed by atoms with van der Waals surface area (Å²) in [5.41, 5.74) is 1.64. The van der Waals surface area contributed by atoms with Crippen LogP contribution in [0.25, 0.3) is 0 Å². The molecule has 21 aliphatic heterocycles. The zero-order chi connectivity index (χ0) is 70.9. The average molecular weight is 1420 g/mol. The number of hydrogen-bond acceptors (Lipinski definition) is 37. The lowest BCUT2D eigenvalue weighted by atomic mass is 9.47. The van der Waals surface area contributed by atoms with Gasteiger partial charge < -0.3 is 174 Å². The van der Waals surface area contributed by atoms with Gasteiger partial charge in [-0.3, -0.25) is 9.59 Å². The number of allylic oxidation sites excluding steroid dienone is 1. The maximum atomic E-state index is 12.4. The van der Waals surface area contributed by atoms with Gasteiger partial charge in [0.1, 0.15) is 177 Å². The highest BCUT2D eigenvalue weighted by atomic mass is 16.8. The largest absolute Gasteiger partial charge is 0.394 e. The van der Waals surface area contributed by atoms with E-state index in [0.29, 0.717) is 29.3 Å².